The van der Waals surface area contributed by atoms with Crippen molar-refractivity contribution in [3.05, 3.63) is 52.8 Å². The molecule has 0 saturated carbocycles. The van der Waals surface area contributed by atoms with Crippen molar-refractivity contribution in [1.82, 2.24) is 15.1 Å². The molecule has 0 aliphatic heterocycles. The molecular formula is C17H24ClN3. The Morgan fingerprint density at radius 1 is 1.33 bits per heavy atom. The normalized spacial score (nSPS) is 14.1. The molecule has 0 aliphatic carbocycles. The van der Waals surface area contributed by atoms with Crippen LogP contribution in [0, 0.1) is 0 Å². The minimum atomic E-state index is 0.383. The minimum Gasteiger partial charge on any atom is -0.319 e. The molecule has 1 aromatic carbocycles. The molecule has 1 aromatic heterocycles. The van der Waals surface area contributed by atoms with E-state index in [0.717, 1.165) is 30.1 Å². The van der Waals surface area contributed by atoms with Crippen LogP contribution in [0.3, 0.4) is 0 Å². The molecule has 114 valence electrons. The third kappa shape index (κ3) is 4.32. The average molecular weight is 306 g/mol. The van der Waals surface area contributed by atoms with Gasteiger partial charge in [0.1, 0.15) is 0 Å². The second-order valence-electron chi connectivity index (χ2n) is 5.56. The Bertz CT molecular complexity index is 565. The molecule has 0 aliphatic rings. The Morgan fingerprint density at radius 3 is 2.81 bits per heavy atom. The van der Waals surface area contributed by atoms with Crippen molar-refractivity contribution in [2.75, 3.05) is 13.6 Å². The second kappa shape index (κ2) is 7.62. The van der Waals surface area contributed by atoms with Gasteiger partial charge in [-0.2, -0.15) is 5.10 Å². The Balaban J connectivity index is 2.14. The molecule has 2 atom stereocenters. The summed E-state index contributed by atoms with van der Waals surface area (Å²) < 4.78 is 2.06. The molecule has 0 saturated heterocycles. The third-order valence-electron chi connectivity index (χ3n) is 3.93. The molecule has 2 rings (SSSR count). The Labute approximate surface area is 132 Å². The van der Waals surface area contributed by atoms with Gasteiger partial charge in [-0.25, -0.2) is 0 Å². The van der Waals surface area contributed by atoms with Gasteiger partial charge in [-0.1, -0.05) is 30.7 Å². The van der Waals surface area contributed by atoms with E-state index in [2.05, 4.69) is 48.2 Å². The van der Waals surface area contributed by atoms with E-state index < -0.39 is 0 Å². The molecule has 1 N–H and O–H groups in total. The molecule has 0 radical (unpaired) electrons. The lowest BCUT2D eigenvalue weighted by molar-refractivity contribution is 0.471. The summed E-state index contributed by atoms with van der Waals surface area (Å²) in [6.07, 6.45) is 4.10. The number of benzene rings is 1. The van der Waals surface area contributed by atoms with Crippen LogP contribution in [0.1, 0.15) is 43.5 Å². The molecule has 2 aromatic rings. The van der Waals surface area contributed by atoms with Crippen molar-refractivity contribution in [1.29, 1.82) is 0 Å². The maximum atomic E-state index is 6.12. The van der Waals surface area contributed by atoms with Gasteiger partial charge in [0.15, 0.2) is 0 Å². The SMILES string of the molecule is CCC(C)n1ccc(CC(CNC)c2cccc(Cl)c2)n1. The predicted molar refractivity (Wildman–Crippen MR) is 89.1 cm³/mol. The molecule has 1 heterocycles. The van der Waals surface area contributed by atoms with Gasteiger partial charge < -0.3 is 5.32 Å². The molecule has 2 unspecified atom stereocenters. The summed E-state index contributed by atoms with van der Waals surface area (Å²) in [5, 5.41) is 8.77. The van der Waals surface area contributed by atoms with Crippen LogP contribution in [0.25, 0.3) is 0 Å². The number of halogens is 1. The van der Waals surface area contributed by atoms with Gasteiger partial charge in [-0.3, -0.25) is 4.68 Å². The lowest BCUT2D eigenvalue weighted by Crippen LogP contribution is -2.19. The summed E-state index contributed by atoms with van der Waals surface area (Å²) >= 11 is 6.12. The second-order valence-corrected chi connectivity index (χ2v) is 5.99. The van der Waals surface area contributed by atoms with Crippen LogP contribution in [0.5, 0.6) is 0 Å². The van der Waals surface area contributed by atoms with Gasteiger partial charge in [-0.05, 0) is 50.6 Å². The standard InChI is InChI=1S/C17H24ClN3/c1-4-13(2)21-9-8-17(20-21)11-15(12-19-3)14-6-5-7-16(18)10-14/h5-10,13,15,19H,4,11-12H2,1-3H3. The summed E-state index contributed by atoms with van der Waals surface area (Å²) in [7, 11) is 1.98. The Hall–Kier alpha value is -1.32. The van der Waals surface area contributed by atoms with Crippen LogP contribution in [0.15, 0.2) is 36.5 Å². The van der Waals surface area contributed by atoms with E-state index in [1.807, 2.05) is 19.2 Å². The molecule has 4 heteroatoms. The van der Waals surface area contributed by atoms with Crippen LogP contribution in [-0.4, -0.2) is 23.4 Å². The van der Waals surface area contributed by atoms with Crippen LogP contribution in [0.4, 0.5) is 0 Å². The van der Waals surface area contributed by atoms with Crippen molar-refractivity contribution >= 4 is 11.6 Å². The fraction of sp³-hybridized carbons (Fsp3) is 0.471. The van der Waals surface area contributed by atoms with E-state index in [9.17, 15) is 0 Å². The number of rotatable bonds is 7. The summed E-state index contributed by atoms with van der Waals surface area (Å²) in [6, 6.07) is 10.7. The van der Waals surface area contributed by atoms with E-state index in [-0.39, 0.29) is 0 Å². The number of hydrogen-bond donors (Lipinski definition) is 1. The van der Waals surface area contributed by atoms with Crippen molar-refractivity contribution < 1.29 is 0 Å². The Morgan fingerprint density at radius 2 is 2.14 bits per heavy atom. The number of nitrogens with zero attached hydrogens (tertiary/aromatic N) is 2. The quantitative estimate of drug-likeness (QED) is 0.836. The highest BCUT2D eigenvalue weighted by molar-refractivity contribution is 6.30. The summed E-state index contributed by atoms with van der Waals surface area (Å²) in [4.78, 5) is 0. The predicted octanol–water partition coefficient (Wildman–Crippen LogP) is 4.05. The lowest BCUT2D eigenvalue weighted by atomic mass is 9.94. The Kier molecular flexibility index (Phi) is 5.83. The molecule has 3 nitrogen and oxygen atoms in total. The molecule has 0 bridgehead atoms. The van der Waals surface area contributed by atoms with Crippen LogP contribution in [0.2, 0.25) is 5.02 Å². The van der Waals surface area contributed by atoms with E-state index in [0.29, 0.717) is 12.0 Å². The van der Waals surface area contributed by atoms with Gasteiger partial charge in [0.05, 0.1) is 5.69 Å². The van der Waals surface area contributed by atoms with Gasteiger partial charge in [-0.15, -0.1) is 0 Å². The molecule has 0 amide bonds. The first-order valence-corrected chi connectivity index (χ1v) is 7.96. The lowest BCUT2D eigenvalue weighted by Gasteiger charge is -2.16. The monoisotopic (exact) mass is 305 g/mol. The highest BCUT2D eigenvalue weighted by atomic mass is 35.5. The summed E-state index contributed by atoms with van der Waals surface area (Å²) in [6.45, 7) is 5.29. The van der Waals surface area contributed by atoms with Crippen LogP contribution < -0.4 is 5.32 Å². The first-order chi connectivity index (χ1) is 10.1. The largest absolute Gasteiger partial charge is 0.319 e. The number of likely N-dealkylation sites (N-methyl/N-ethyl adjacent to an activating group) is 1. The van der Waals surface area contributed by atoms with Gasteiger partial charge in [0, 0.05) is 29.7 Å². The first kappa shape index (κ1) is 16.1. The topological polar surface area (TPSA) is 29.9 Å². The number of hydrogen-bond acceptors (Lipinski definition) is 2. The third-order valence-corrected chi connectivity index (χ3v) is 4.17. The van der Waals surface area contributed by atoms with E-state index in [1.54, 1.807) is 0 Å². The van der Waals surface area contributed by atoms with Gasteiger partial charge >= 0.3 is 0 Å². The van der Waals surface area contributed by atoms with Crippen LogP contribution >= 0.6 is 11.6 Å². The van der Waals surface area contributed by atoms with E-state index in [1.165, 1.54) is 5.56 Å². The zero-order chi connectivity index (χ0) is 15.2. The maximum absolute atomic E-state index is 6.12. The van der Waals surface area contributed by atoms with Crippen LogP contribution in [-0.2, 0) is 6.42 Å². The van der Waals surface area contributed by atoms with Crippen molar-refractivity contribution in [2.45, 2.75) is 38.6 Å². The first-order valence-electron chi connectivity index (χ1n) is 7.58. The van der Waals surface area contributed by atoms with Crippen molar-refractivity contribution in [3.63, 3.8) is 0 Å². The van der Waals surface area contributed by atoms with E-state index in [4.69, 9.17) is 16.7 Å². The smallest absolute Gasteiger partial charge is 0.0631 e. The highest BCUT2D eigenvalue weighted by Gasteiger charge is 2.14. The minimum absolute atomic E-state index is 0.383. The van der Waals surface area contributed by atoms with Crippen molar-refractivity contribution in [2.24, 2.45) is 0 Å². The number of nitrogens with one attached hydrogen (secondary N) is 1. The van der Waals surface area contributed by atoms with Crippen molar-refractivity contribution in [3.8, 4) is 0 Å². The van der Waals surface area contributed by atoms with Gasteiger partial charge in [0.2, 0.25) is 0 Å². The molecule has 0 fully saturated rings. The molecule has 0 spiro atoms. The van der Waals surface area contributed by atoms with Gasteiger partial charge in [0.25, 0.3) is 0 Å². The fourth-order valence-electron chi connectivity index (χ4n) is 2.49. The average Bonchev–Trinajstić information content (AvgIpc) is 2.94. The van der Waals surface area contributed by atoms with E-state index >= 15 is 0 Å². The zero-order valence-corrected chi connectivity index (χ0v) is 13.8. The highest BCUT2D eigenvalue weighted by Crippen LogP contribution is 2.23. The fourth-order valence-corrected chi connectivity index (χ4v) is 2.68. The molecular weight excluding hydrogens is 282 g/mol. The number of aromatic nitrogens is 2. The summed E-state index contributed by atoms with van der Waals surface area (Å²) in [5.41, 5.74) is 2.39. The summed E-state index contributed by atoms with van der Waals surface area (Å²) in [5.74, 6) is 0.383. The maximum Gasteiger partial charge on any atom is 0.0631 e. The zero-order valence-electron chi connectivity index (χ0n) is 13.0. The molecule has 21 heavy (non-hydrogen) atoms.